The van der Waals surface area contributed by atoms with Gasteiger partial charge in [0.15, 0.2) is 0 Å². The van der Waals surface area contributed by atoms with Crippen molar-refractivity contribution in [3.63, 3.8) is 0 Å². The number of fused-ring (bicyclic) bond motifs is 1. The van der Waals surface area contributed by atoms with Crippen molar-refractivity contribution in [3.8, 4) is 0 Å². The first-order valence-electron chi connectivity index (χ1n) is 6.86. The predicted octanol–water partition coefficient (Wildman–Crippen LogP) is 2.56. The largest absolute Gasteiger partial charge is 0.464 e. The zero-order valence-electron chi connectivity index (χ0n) is 11.4. The highest BCUT2D eigenvalue weighted by Gasteiger charge is 2.43. The summed E-state index contributed by atoms with van der Waals surface area (Å²) in [6.45, 7) is 6.56. The van der Waals surface area contributed by atoms with E-state index in [1.807, 2.05) is 25.1 Å². The topological polar surface area (TPSA) is 38.3 Å². The summed E-state index contributed by atoms with van der Waals surface area (Å²) in [6.07, 6.45) is 4.56. The van der Waals surface area contributed by atoms with Crippen LogP contribution in [0.2, 0.25) is 0 Å². The van der Waals surface area contributed by atoms with Crippen LogP contribution in [-0.2, 0) is 21.5 Å². The molecule has 3 heteroatoms. The highest BCUT2D eigenvalue weighted by atomic mass is 16.5. The van der Waals surface area contributed by atoms with E-state index in [1.165, 1.54) is 5.56 Å². The molecule has 0 amide bonds. The number of aryl methyl sites for hydroxylation is 1. The zero-order valence-corrected chi connectivity index (χ0v) is 11.4. The van der Waals surface area contributed by atoms with Gasteiger partial charge in [-0.3, -0.25) is 5.32 Å². The summed E-state index contributed by atoms with van der Waals surface area (Å²) in [6, 6.07) is 8.13. The van der Waals surface area contributed by atoms with Gasteiger partial charge < -0.3 is 4.74 Å². The number of hydrogen-bond donors (Lipinski definition) is 1. The molecule has 1 N–H and O–H groups in total. The molecule has 0 saturated heterocycles. The lowest BCUT2D eigenvalue weighted by Gasteiger charge is -2.37. The van der Waals surface area contributed by atoms with Crippen molar-refractivity contribution in [2.24, 2.45) is 0 Å². The third kappa shape index (κ3) is 2.56. The van der Waals surface area contributed by atoms with Crippen LogP contribution in [-0.4, -0.2) is 19.1 Å². The van der Waals surface area contributed by atoms with E-state index in [0.29, 0.717) is 13.2 Å². The third-order valence-corrected chi connectivity index (χ3v) is 3.65. The van der Waals surface area contributed by atoms with Crippen LogP contribution in [0.4, 0.5) is 0 Å². The molecule has 0 aliphatic heterocycles. The Morgan fingerprint density at radius 1 is 1.53 bits per heavy atom. The summed E-state index contributed by atoms with van der Waals surface area (Å²) in [5.74, 6) is -0.177. The zero-order chi connectivity index (χ0) is 13.7. The quantitative estimate of drug-likeness (QED) is 0.652. The number of nitrogens with one attached hydrogen (secondary N) is 1. The Morgan fingerprint density at radius 3 is 3.05 bits per heavy atom. The van der Waals surface area contributed by atoms with E-state index in [2.05, 4.69) is 18.0 Å². The predicted molar refractivity (Wildman–Crippen MR) is 75.9 cm³/mol. The van der Waals surface area contributed by atoms with Gasteiger partial charge >= 0.3 is 5.97 Å². The van der Waals surface area contributed by atoms with Crippen LogP contribution in [0.15, 0.2) is 36.9 Å². The minimum Gasteiger partial charge on any atom is -0.464 e. The fourth-order valence-corrected chi connectivity index (χ4v) is 2.80. The molecular weight excluding hydrogens is 238 g/mol. The van der Waals surface area contributed by atoms with Crippen LogP contribution in [0.5, 0.6) is 0 Å². The Hall–Kier alpha value is -1.61. The fourth-order valence-electron chi connectivity index (χ4n) is 2.80. The number of carbonyl (C=O) groups is 1. The van der Waals surface area contributed by atoms with Gasteiger partial charge in [0.1, 0.15) is 5.54 Å². The summed E-state index contributed by atoms with van der Waals surface area (Å²) in [7, 11) is 0. The van der Waals surface area contributed by atoms with Gasteiger partial charge in [0.25, 0.3) is 0 Å². The first-order valence-corrected chi connectivity index (χ1v) is 6.86. The van der Waals surface area contributed by atoms with Gasteiger partial charge in [0.05, 0.1) is 6.61 Å². The molecule has 1 aliphatic carbocycles. The monoisotopic (exact) mass is 259 g/mol. The lowest BCUT2D eigenvalue weighted by molar-refractivity contribution is -0.152. The average molecular weight is 259 g/mol. The number of ether oxygens (including phenoxy) is 1. The maximum Gasteiger partial charge on any atom is 0.331 e. The Bertz CT molecular complexity index is 470. The van der Waals surface area contributed by atoms with Crippen LogP contribution in [0.25, 0.3) is 0 Å². The molecule has 102 valence electrons. The molecule has 3 nitrogen and oxygen atoms in total. The van der Waals surface area contributed by atoms with Crippen LogP contribution >= 0.6 is 0 Å². The Balaban J connectivity index is 2.43. The molecule has 1 aliphatic rings. The summed E-state index contributed by atoms with van der Waals surface area (Å²) >= 11 is 0. The van der Waals surface area contributed by atoms with E-state index in [-0.39, 0.29) is 5.97 Å². The highest BCUT2D eigenvalue weighted by Crippen LogP contribution is 2.36. The van der Waals surface area contributed by atoms with E-state index < -0.39 is 5.54 Å². The van der Waals surface area contributed by atoms with Crippen molar-refractivity contribution in [1.82, 2.24) is 5.32 Å². The number of carbonyl (C=O) groups excluding carboxylic acids is 1. The fraction of sp³-hybridized carbons (Fsp3) is 0.438. The molecule has 0 heterocycles. The van der Waals surface area contributed by atoms with Gasteiger partial charge in [-0.2, -0.15) is 0 Å². The Kier molecular flexibility index (Phi) is 4.38. The molecule has 0 bridgehead atoms. The van der Waals surface area contributed by atoms with E-state index >= 15 is 0 Å². The molecule has 0 saturated carbocycles. The number of esters is 1. The number of hydrogen-bond acceptors (Lipinski definition) is 3. The molecule has 1 atom stereocenters. The van der Waals surface area contributed by atoms with Crippen molar-refractivity contribution < 1.29 is 9.53 Å². The molecule has 0 aromatic heterocycles. The summed E-state index contributed by atoms with van der Waals surface area (Å²) in [5, 5.41) is 3.33. The van der Waals surface area contributed by atoms with Gasteiger partial charge in [-0.25, -0.2) is 4.79 Å². The van der Waals surface area contributed by atoms with Gasteiger partial charge in [-0.1, -0.05) is 30.3 Å². The second-order valence-corrected chi connectivity index (χ2v) is 4.81. The van der Waals surface area contributed by atoms with E-state index in [0.717, 1.165) is 24.8 Å². The van der Waals surface area contributed by atoms with Gasteiger partial charge in [-0.05, 0) is 37.3 Å². The van der Waals surface area contributed by atoms with Gasteiger partial charge in [-0.15, -0.1) is 6.58 Å². The lowest BCUT2D eigenvalue weighted by Crippen LogP contribution is -2.52. The number of rotatable bonds is 5. The summed E-state index contributed by atoms with van der Waals surface area (Å²) in [5.41, 5.74) is 1.58. The van der Waals surface area contributed by atoms with Crippen LogP contribution in [0.1, 0.15) is 30.9 Å². The molecular formula is C16H21NO2. The Labute approximate surface area is 114 Å². The maximum absolute atomic E-state index is 12.5. The van der Waals surface area contributed by atoms with Crippen molar-refractivity contribution in [2.45, 2.75) is 31.7 Å². The van der Waals surface area contributed by atoms with Crippen LogP contribution in [0, 0.1) is 0 Å². The molecule has 1 aromatic rings. The van der Waals surface area contributed by atoms with Crippen molar-refractivity contribution in [3.05, 3.63) is 48.0 Å². The van der Waals surface area contributed by atoms with Crippen LogP contribution in [0.3, 0.4) is 0 Å². The average Bonchev–Trinajstić information content (AvgIpc) is 2.45. The highest BCUT2D eigenvalue weighted by molar-refractivity contribution is 5.83. The smallest absolute Gasteiger partial charge is 0.331 e. The normalized spacial score (nSPS) is 21.5. The van der Waals surface area contributed by atoms with Crippen molar-refractivity contribution in [2.75, 3.05) is 13.2 Å². The first-order chi connectivity index (χ1) is 9.24. The van der Waals surface area contributed by atoms with E-state index in [9.17, 15) is 4.79 Å². The lowest BCUT2D eigenvalue weighted by atomic mass is 9.76. The molecule has 0 fully saturated rings. The first kappa shape index (κ1) is 13.8. The Morgan fingerprint density at radius 2 is 2.32 bits per heavy atom. The third-order valence-electron chi connectivity index (χ3n) is 3.65. The van der Waals surface area contributed by atoms with Gasteiger partial charge in [0.2, 0.25) is 0 Å². The van der Waals surface area contributed by atoms with Crippen molar-refractivity contribution in [1.29, 1.82) is 0 Å². The minimum absolute atomic E-state index is 0.177. The SMILES string of the molecule is C=CCNC1(C(=O)OCC)CCCc2ccccc21. The molecule has 0 radical (unpaired) electrons. The van der Waals surface area contributed by atoms with Crippen LogP contribution < -0.4 is 5.32 Å². The molecule has 1 unspecified atom stereocenters. The summed E-state index contributed by atoms with van der Waals surface area (Å²) < 4.78 is 5.30. The van der Waals surface area contributed by atoms with E-state index in [4.69, 9.17) is 4.74 Å². The second kappa shape index (κ2) is 6.02. The molecule has 2 rings (SSSR count). The van der Waals surface area contributed by atoms with Gasteiger partial charge in [0, 0.05) is 6.54 Å². The second-order valence-electron chi connectivity index (χ2n) is 4.81. The minimum atomic E-state index is -0.709. The molecule has 19 heavy (non-hydrogen) atoms. The molecule has 0 spiro atoms. The number of benzene rings is 1. The molecule has 1 aromatic carbocycles. The van der Waals surface area contributed by atoms with E-state index in [1.54, 1.807) is 6.08 Å². The summed E-state index contributed by atoms with van der Waals surface area (Å²) in [4.78, 5) is 12.5. The van der Waals surface area contributed by atoms with Crippen molar-refractivity contribution >= 4 is 5.97 Å². The standard InChI is InChI=1S/C16H21NO2/c1-3-12-17-16(15(18)19-4-2)11-7-9-13-8-5-6-10-14(13)16/h3,5-6,8,10,17H,1,4,7,9,11-12H2,2H3. The maximum atomic E-state index is 12.5.